The monoisotopic (exact) mass is 301 g/mol. The lowest BCUT2D eigenvalue weighted by Gasteiger charge is -2.06. The Balaban J connectivity index is 1.68. The van der Waals surface area contributed by atoms with Crippen molar-refractivity contribution in [2.24, 2.45) is 0 Å². The van der Waals surface area contributed by atoms with Crippen molar-refractivity contribution in [2.75, 3.05) is 18.4 Å². The quantitative estimate of drug-likeness (QED) is 0.354. The summed E-state index contributed by atoms with van der Waals surface area (Å²) < 4.78 is 5.07. The van der Waals surface area contributed by atoms with Crippen LogP contribution in [-0.4, -0.2) is 23.9 Å². The Morgan fingerprint density at radius 1 is 1.23 bits per heavy atom. The Kier molecular flexibility index (Phi) is 5.31. The average Bonchev–Trinajstić information content (AvgIpc) is 3.03. The van der Waals surface area contributed by atoms with Crippen LogP contribution in [0.1, 0.15) is 5.76 Å². The average molecular weight is 301 g/mol. The number of furan rings is 1. The summed E-state index contributed by atoms with van der Waals surface area (Å²) in [5.74, 6) is 0.390. The van der Waals surface area contributed by atoms with Gasteiger partial charge in [0.2, 0.25) is 5.91 Å². The van der Waals surface area contributed by atoms with Gasteiger partial charge in [-0.3, -0.25) is 14.9 Å². The van der Waals surface area contributed by atoms with Crippen molar-refractivity contribution in [1.29, 1.82) is 0 Å². The van der Waals surface area contributed by atoms with Crippen LogP contribution in [0.15, 0.2) is 53.2 Å². The van der Waals surface area contributed by atoms with Crippen molar-refractivity contribution in [3.8, 4) is 0 Å². The van der Waals surface area contributed by atoms with Crippen LogP contribution in [0.25, 0.3) is 6.08 Å². The molecule has 1 heterocycles. The van der Waals surface area contributed by atoms with E-state index in [-0.39, 0.29) is 11.6 Å². The van der Waals surface area contributed by atoms with Crippen molar-refractivity contribution in [1.82, 2.24) is 5.32 Å². The number of nitrogens with zero attached hydrogens (tertiary/aromatic N) is 1. The van der Waals surface area contributed by atoms with Gasteiger partial charge < -0.3 is 15.1 Å². The van der Waals surface area contributed by atoms with Crippen LogP contribution in [0.4, 0.5) is 11.4 Å². The van der Waals surface area contributed by atoms with Crippen molar-refractivity contribution >= 4 is 23.4 Å². The topological polar surface area (TPSA) is 97.4 Å². The number of nitrogens with one attached hydrogen (secondary N) is 2. The van der Waals surface area contributed by atoms with E-state index < -0.39 is 4.92 Å². The van der Waals surface area contributed by atoms with Crippen LogP contribution in [0.5, 0.6) is 0 Å². The highest BCUT2D eigenvalue weighted by atomic mass is 16.6. The summed E-state index contributed by atoms with van der Waals surface area (Å²) in [5, 5.41) is 16.3. The van der Waals surface area contributed by atoms with Gasteiger partial charge in [-0.25, -0.2) is 0 Å². The molecule has 2 aromatic rings. The molecule has 0 aliphatic heterocycles. The van der Waals surface area contributed by atoms with E-state index in [0.29, 0.717) is 18.8 Å². The number of carbonyl (C=O) groups excluding carboxylic acids is 1. The third-order valence-corrected chi connectivity index (χ3v) is 2.77. The highest BCUT2D eigenvalue weighted by molar-refractivity contribution is 5.91. The van der Waals surface area contributed by atoms with E-state index in [9.17, 15) is 14.9 Å². The summed E-state index contributed by atoms with van der Waals surface area (Å²) in [4.78, 5) is 21.6. The molecule has 22 heavy (non-hydrogen) atoms. The molecule has 0 saturated carbocycles. The molecule has 0 saturated heterocycles. The zero-order chi connectivity index (χ0) is 15.8. The van der Waals surface area contributed by atoms with Crippen LogP contribution in [-0.2, 0) is 4.79 Å². The van der Waals surface area contributed by atoms with E-state index >= 15 is 0 Å². The molecular formula is C15H15N3O4. The number of nitro groups is 1. The maximum absolute atomic E-state index is 11.5. The van der Waals surface area contributed by atoms with Crippen LogP contribution in [0, 0.1) is 10.1 Å². The molecule has 7 heteroatoms. The van der Waals surface area contributed by atoms with Crippen molar-refractivity contribution in [2.45, 2.75) is 0 Å². The van der Waals surface area contributed by atoms with Gasteiger partial charge in [-0.15, -0.1) is 0 Å². The minimum Gasteiger partial charge on any atom is -0.465 e. The molecule has 0 unspecified atom stereocenters. The molecule has 1 aromatic heterocycles. The standard InChI is InChI=1S/C15H15N3O4/c19-15(8-7-14-2-1-11-22-14)17-10-9-16-12-3-5-13(6-4-12)18(20)21/h1-8,11,16H,9-10H2,(H,17,19)/b8-7+. The zero-order valence-electron chi connectivity index (χ0n) is 11.7. The smallest absolute Gasteiger partial charge is 0.269 e. The van der Waals surface area contributed by atoms with Gasteiger partial charge in [0.25, 0.3) is 5.69 Å². The van der Waals surface area contributed by atoms with Crippen LogP contribution in [0.3, 0.4) is 0 Å². The Hall–Kier alpha value is -3.09. The zero-order valence-corrected chi connectivity index (χ0v) is 11.7. The van der Waals surface area contributed by atoms with Gasteiger partial charge in [-0.1, -0.05) is 0 Å². The number of rotatable bonds is 7. The number of anilines is 1. The maximum Gasteiger partial charge on any atom is 0.269 e. The molecule has 2 rings (SSSR count). The second-order valence-corrected chi connectivity index (χ2v) is 4.37. The summed E-state index contributed by atoms with van der Waals surface area (Å²) in [6, 6.07) is 9.58. The van der Waals surface area contributed by atoms with Gasteiger partial charge in [-0.05, 0) is 30.3 Å². The van der Waals surface area contributed by atoms with Gasteiger partial charge >= 0.3 is 0 Å². The first-order chi connectivity index (χ1) is 10.6. The van der Waals surface area contributed by atoms with E-state index in [0.717, 1.165) is 5.69 Å². The molecule has 1 amide bonds. The van der Waals surface area contributed by atoms with E-state index in [1.807, 2.05) is 0 Å². The van der Waals surface area contributed by atoms with Gasteiger partial charge in [0.1, 0.15) is 5.76 Å². The summed E-state index contributed by atoms with van der Waals surface area (Å²) in [6.45, 7) is 0.941. The van der Waals surface area contributed by atoms with E-state index in [1.54, 1.807) is 30.3 Å². The number of hydrogen-bond donors (Lipinski definition) is 2. The molecular weight excluding hydrogens is 286 g/mol. The number of amides is 1. The molecule has 0 atom stereocenters. The van der Waals surface area contributed by atoms with Crippen LogP contribution >= 0.6 is 0 Å². The Morgan fingerprint density at radius 2 is 2.00 bits per heavy atom. The van der Waals surface area contributed by atoms with Crippen LogP contribution in [0.2, 0.25) is 0 Å². The van der Waals surface area contributed by atoms with Gasteiger partial charge in [0.15, 0.2) is 0 Å². The summed E-state index contributed by atoms with van der Waals surface area (Å²) in [5.41, 5.74) is 0.799. The molecule has 0 fully saturated rings. The summed E-state index contributed by atoms with van der Waals surface area (Å²) >= 11 is 0. The first kappa shape index (κ1) is 15.3. The SMILES string of the molecule is O=C(/C=C/c1ccco1)NCCNc1ccc([N+](=O)[O-])cc1. The highest BCUT2D eigenvalue weighted by Gasteiger charge is 2.03. The lowest BCUT2D eigenvalue weighted by Crippen LogP contribution is -2.27. The highest BCUT2D eigenvalue weighted by Crippen LogP contribution is 2.14. The van der Waals surface area contributed by atoms with E-state index in [4.69, 9.17) is 4.42 Å². The predicted octanol–water partition coefficient (Wildman–Crippen LogP) is 2.43. The fourth-order valence-corrected chi connectivity index (χ4v) is 1.70. The molecule has 0 aliphatic carbocycles. The molecule has 7 nitrogen and oxygen atoms in total. The lowest BCUT2D eigenvalue weighted by atomic mass is 10.3. The number of nitro benzene ring substituents is 1. The number of carbonyl (C=O) groups is 1. The summed E-state index contributed by atoms with van der Waals surface area (Å²) in [7, 11) is 0. The largest absolute Gasteiger partial charge is 0.465 e. The van der Waals surface area contributed by atoms with Crippen molar-refractivity contribution < 1.29 is 14.1 Å². The number of non-ortho nitro benzene ring substituents is 1. The number of benzene rings is 1. The third kappa shape index (κ3) is 4.78. The molecule has 114 valence electrons. The molecule has 0 aliphatic rings. The second-order valence-electron chi connectivity index (χ2n) is 4.37. The van der Waals surface area contributed by atoms with Gasteiger partial charge in [-0.2, -0.15) is 0 Å². The van der Waals surface area contributed by atoms with Crippen molar-refractivity contribution in [3.05, 3.63) is 64.6 Å². The van der Waals surface area contributed by atoms with E-state index in [2.05, 4.69) is 10.6 Å². The number of hydrogen-bond acceptors (Lipinski definition) is 5. The lowest BCUT2D eigenvalue weighted by molar-refractivity contribution is -0.384. The van der Waals surface area contributed by atoms with Gasteiger partial charge in [0, 0.05) is 37.0 Å². The first-order valence-corrected chi connectivity index (χ1v) is 6.63. The summed E-state index contributed by atoms with van der Waals surface area (Å²) in [6.07, 6.45) is 4.51. The molecule has 0 radical (unpaired) electrons. The molecule has 0 spiro atoms. The fraction of sp³-hybridized carbons (Fsp3) is 0.133. The fourth-order valence-electron chi connectivity index (χ4n) is 1.70. The minimum atomic E-state index is -0.449. The first-order valence-electron chi connectivity index (χ1n) is 6.63. The van der Waals surface area contributed by atoms with Gasteiger partial charge in [0.05, 0.1) is 11.2 Å². The second kappa shape index (κ2) is 7.63. The Bertz CT molecular complexity index is 648. The normalized spacial score (nSPS) is 10.5. The Labute approximate surface area is 126 Å². The molecule has 2 N–H and O–H groups in total. The maximum atomic E-state index is 11.5. The third-order valence-electron chi connectivity index (χ3n) is 2.77. The van der Waals surface area contributed by atoms with Crippen LogP contribution < -0.4 is 10.6 Å². The molecule has 0 bridgehead atoms. The minimum absolute atomic E-state index is 0.0434. The Morgan fingerprint density at radius 3 is 2.64 bits per heavy atom. The predicted molar refractivity (Wildman–Crippen MR) is 82.3 cm³/mol. The molecule has 1 aromatic carbocycles. The van der Waals surface area contributed by atoms with E-state index in [1.165, 1.54) is 24.5 Å². The van der Waals surface area contributed by atoms with Crippen molar-refractivity contribution in [3.63, 3.8) is 0 Å².